The van der Waals surface area contributed by atoms with Crippen molar-refractivity contribution in [1.82, 2.24) is 4.90 Å². The van der Waals surface area contributed by atoms with Crippen molar-refractivity contribution in [3.63, 3.8) is 0 Å². The molecule has 0 aromatic heterocycles. The topological polar surface area (TPSA) is 3.24 Å². The summed E-state index contributed by atoms with van der Waals surface area (Å²) in [6, 6.07) is 0.966. The summed E-state index contributed by atoms with van der Waals surface area (Å²) in [5.74, 6) is 2.91. The standard InChI is InChI=1S/C20H39N/c1-6-9-17-14-19(17)21-12-10-18(11-13-21)20(5,8-3)15-16(4)7-2/h16-19H,6-15H2,1-5H3. The number of nitrogens with zero attached hydrogens (tertiary/aromatic N) is 1. The van der Waals surface area contributed by atoms with Crippen LogP contribution in [0.4, 0.5) is 0 Å². The van der Waals surface area contributed by atoms with Crippen LogP contribution in [-0.4, -0.2) is 24.0 Å². The van der Waals surface area contributed by atoms with Gasteiger partial charge in [0.15, 0.2) is 0 Å². The maximum Gasteiger partial charge on any atom is 0.0127 e. The van der Waals surface area contributed by atoms with Gasteiger partial charge in [0.2, 0.25) is 0 Å². The molecule has 0 N–H and O–H groups in total. The van der Waals surface area contributed by atoms with Gasteiger partial charge in [0.1, 0.15) is 0 Å². The summed E-state index contributed by atoms with van der Waals surface area (Å²) in [5, 5.41) is 0. The minimum Gasteiger partial charge on any atom is -0.300 e. The predicted octanol–water partition coefficient (Wildman–Crippen LogP) is 5.74. The van der Waals surface area contributed by atoms with Crippen molar-refractivity contribution in [2.24, 2.45) is 23.2 Å². The zero-order valence-electron chi connectivity index (χ0n) is 15.3. The van der Waals surface area contributed by atoms with Gasteiger partial charge in [0.25, 0.3) is 0 Å². The van der Waals surface area contributed by atoms with Crippen molar-refractivity contribution in [1.29, 1.82) is 0 Å². The summed E-state index contributed by atoms with van der Waals surface area (Å²) in [5.41, 5.74) is 0.591. The van der Waals surface area contributed by atoms with Gasteiger partial charge in [-0.05, 0) is 68.4 Å². The minimum atomic E-state index is 0.591. The van der Waals surface area contributed by atoms with Crippen molar-refractivity contribution >= 4 is 0 Å². The summed E-state index contributed by atoms with van der Waals surface area (Å²) >= 11 is 0. The Morgan fingerprint density at radius 1 is 1.14 bits per heavy atom. The molecule has 1 saturated carbocycles. The Morgan fingerprint density at radius 2 is 1.81 bits per heavy atom. The summed E-state index contributed by atoms with van der Waals surface area (Å²) in [4.78, 5) is 2.83. The largest absolute Gasteiger partial charge is 0.300 e. The van der Waals surface area contributed by atoms with E-state index in [1.165, 1.54) is 64.5 Å². The Balaban J connectivity index is 1.82. The van der Waals surface area contributed by atoms with Crippen LogP contribution in [0.5, 0.6) is 0 Å². The number of hydrogen-bond acceptors (Lipinski definition) is 1. The van der Waals surface area contributed by atoms with Gasteiger partial charge in [0, 0.05) is 6.04 Å². The molecule has 4 unspecified atom stereocenters. The van der Waals surface area contributed by atoms with Crippen LogP contribution in [0, 0.1) is 23.2 Å². The van der Waals surface area contributed by atoms with Crippen LogP contribution in [0.15, 0.2) is 0 Å². The first-order chi connectivity index (χ1) is 10.0. The Hall–Kier alpha value is -0.0400. The van der Waals surface area contributed by atoms with Gasteiger partial charge >= 0.3 is 0 Å². The number of piperidine rings is 1. The van der Waals surface area contributed by atoms with Crippen LogP contribution in [0.1, 0.15) is 86.0 Å². The van der Waals surface area contributed by atoms with Gasteiger partial charge in [-0.15, -0.1) is 0 Å². The lowest BCUT2D eigenvalue weighted by molar-refractivity contribution is 0.0593. The van der Waals surface area contributed by atoms with E-state index < -0.39 is 0 Å². The van der Waals surface area contributed by atoms with Crippen molar-refractivity contribution in [2.45, 2.75) is 92.0 Å². The van der Waals surface area contributed by atoms with E-state index in [-0.39, 0.29) is 0 Å². The van der Waals surface area contributed by atoms with E-state index in [0.29, 0.717) is 5.41 Å². The van der Waals surface area contributed by atoms with E-state index >= 15 is 0 Å². The Morgan fingerprint density at radius 3 is 2.33 bits per heavy atom. The zero-order chi connectivity index (χ0) is 15.5. The highest BCUT2D eigenvalue weighted by Gasteiger charge is 2.43. The quantitative estimate of drug-likeness (QED) is 0.551. The second kappa shape index (κ2) is 7.49. The average Bonchev–Trinajstić information content (AvgIpc) is 3.27. The van der Waals surface area contributed by atoms with Gasteiger partial charge < -0.3 is 4.90 Å². The van der Waals surface area contributed by atoms with Crippen LogP contribution in [-0.2, 0) is 0 Å². The molecule has 0 aromatic carbocycles. The van der Waals surface area contributed by atoms with Gasteiger partial charge in [0.05, 0.1) is 0 Å². The van der Waals surface area contributed by atoms with Gasteiger partial charge in [-0.2, -0.15) is 0 Å². The van der Waals surface area contributed by atoms with E-state index in [4.69, 9.17) is 0 Å². The van der Waals surface area contributed by atoms with E-state index in [0.717, 1.165) is 23.8 Å². The fourth-order valence-corrected chi connectivity index (χ4v) is 4.83. The molecule has 2 aliphatic rings. The van der Waals surface area contributed by atoms with Gasteiger partial charge in [-0.1, -0.05) is 53.9 Å². The van der Waals surface area contributed by atoms with E-state index in [1.54, 1.807) is 0 Å². The molecular weight excluding hydrogens is 254 g/mol. The van der Waals surface area contributed by atoms with Crippen LogP contribution >= 0.6 is 0 Å². The second-order valence-electron chi connectivity index (χ2n) is 8.39. The molecule has 1 aliphatic carbocycles. The highest BCUT2D eigenvalue weighted by Crippen LogP contribution is 2.46. The maximum absolute atomic E-state index is 2.83. The Bertz CT molecular complexity index is 305. The van der Waals surface area contributed by atoms with E-state index in [9.17, 15) is 0 Å². The number of hydrogen-bond donors (Lipinski definition) is 0. The van der Waals surface area contributed by atoms with Crippen molar-refractivity contribution in [3.05, 3.63) is 0 Å². The van der Waals surface area contributed by atoms with Crippen LogP contribution in [0.25, 0.3) is 0 Å². The lowest BCUT2D eigenvalue weighted by Crippen LogP contribution is -2.41. The Labute approximate surface area is 133 Å². The lowest BCUT2D eigenvalue weighted by atomic mass is 9.66. The first kappa shape index (κ1) is 17.3. The molecule has 4 atom stereocenters. The number of rotatable bonds is 8. The van der Waals surface area contributed by atoms with Crippen molar-refractivity contribution in [2.75, 3.05) is 13.1 Å². The monoisotopic (exact) mass is 293 g/mol. The van der Waals surface area contributed by atoms with Crippen molar-refractivity contribution in [3.8, 4) is 0 Å². The highest BCUT2D eigenvalue weighted by molar-refractivity contribution is 4.97. The molecule has 1 aliphatic heterocycles. The fourth-order valence-electron chi connectivity index (χ4n) is 4.83. The fraction of sp³-hybridized carbons (Fsp3) is 1.00. The highest BCUT2D eigenvalue weighted by atomic mass is 15.2. The minimum absolute atomic E-state index is 0.591. The molecule has 2 rings (SSSR count). The maximum atomic E-state index is 2.83. The van der Waals surface area contributed by atoms with Crippen LogP contribution < -0.4 is 0 Å². The first-order valence-electron chi connectivity index (χ1n) is 9.78. The Kier molecular flexibility index (Phi) is 6.17. The molecule has 0 amide bonds. The molecule has 1 saturated heterocycles. The molecule has 2 fully saturated rings. The third-order valence-corrected chi connectivity index (χ3v) is 6.85. The summed E-state index contributed by atoms with van der Waals surface area (Å²) in [7, 11) is 0. The van der Waals surface area contributed by atoms with Gasteiger partial charge in [-0.3, -0.25) is 0 Å². The molecule has 0 radical (unpaired) electrons. The van der Waals surface area contributed by atoms with Crippen LogP contribution in [0.3, 0.4) is 0 Å². The first-order valence-corrected chi connectivity index (χ1v) is 9.78. The molecule has 21 heavy (non-hydrogen) atoms. The van der Waals surface area contributed by atoms with Crippen molar-refractivity contribution < 1.29 is 0 Å². The molecule has 0 bridgehead atoms. The van der Waals surface area contributed by atoms with E-state index in [1.807, 2.05) is 0 Å². The SMILES string of the molecule is CCCC1CC1N1CCC(C(C)(CC)CC(C)CC)CC1. The molecule has 124 valence electrons. The number of likely N-dealkylation sites (tertiary alicyclic amines) is 1. The zero-order valence-corrected chi connectivity index (χ0v) is 15.3. The second-order valence-corrected chi connectivity index (χ2v) is 8.39. The molecular formula is C20H39N. The van der Waals surface area contributed by atoms with Gasteiger partial charge in [-0.25, -0.2) is 0 Å². The molecule has 0 spiro atoms. The smallest absolute Gasteiger partial charge is 0.0127 e. The normalized spacial score (nSPS) is 31.9. The molecule has 1 nitrogen and oxygen atoms in total. The summed E-state index contributed by atoms with van der Waals surface area (Å²) in [6.07, 6.45) is 11.4. The van der Waals surface area contributed by atoms with E-state index in [2.05, 4.69) is 39.5 Å². The average molecular weight is 294 g/mol. The third kappa shape index (κ3) is 4.24. The molecule has 0 aromatic rings. The predicted molar refractivity (Wildman–Crippen MR) is 93.6 cm³/mol. The third-order valence-electron chi connectivity index (χ3n) is 6.85. The molecule has 1 heterocycles. The molecule has 1 heteroatoms. The summed E-state index contributed by atoms with van der Waals surface area (Å²) in [6.45, 7) is 14.9. The lowest BCUT2D eigenvalue weighted by Gasteiger charge is -2.44. The van der Waals surface area contributed by atoms with Crippen LogP contribution in [0.2, 0.25) is 0 Å². The summed E-state index contributed by atoms with van der Waals surface area (Å²) < 4.78 is 0.